The molecule has 0 radical (unpaired) electrons. The van der Waals surface area contributed by atoms with Gasteiger partial charge in [0.05, 0.1) is 0 Å². The number of rotatable bonds is 7. The molecule has 0 amide bonds. The van der Waals surface area contributed by atoms with Gasteiger partial charge in [0.2, 0.25) is 0 Å². The van der Waals surface area contributed by atoms with E-state index in [9.17, 15) is 0 Å². The minimum Gasteiger partial charge on any atom is -0.381 e. The van der Waals surface area contributed by atoms with Crippen molar-refractivity contribution in [2.24, 2.45) is 5.92 Å². The smallest absolute Gasteiger partial charge is 0.0468 e. The van der Waals surface area contributed by atoms with Gasteiger partial charge in [0.1, 0.15) is 0 Å². The van der Waals surface area contributed by atoms with E-state index in [1.54, 1.807) is 0 Å². The molecule has 2 rings (SSSR count). The molecule has 0 bridgehead atoms. The Morgan fingerprint density at radius 1 is 1.35 bits per heavy atom. The van der Waals surface area contributed by atoms with E-state index >= 15 is 0 Å². The summed E-state index contributed by atoms with van der Waals surface area (Å²) in [5.74, 6) is 2.05. The summed E-state index contributed by atoms with van der Waals surface area (Å²) < 4.78 is 5.42. The molecular formula is C17H27NOS. The van der Waals surface area contributed by atoms with Gasteiger partial charge in [-0.2, -0.15) is 0 Å². The van der Waals surface area contributed by atoms with Crippen LogP contribution in [0.1, 0.15) is 44.7 Å². The molecule has 1 aliphatic rings. The molecule has 0 aliphatic carbocycles. The monoisotopic (exact) mass is 293 g/mol. The quantitative estimate of drug-likeness (QED) is 0.759. The lowest BCUT2D eigenvalue weighted by atomic mass is 10.0. The molecule has 1 atom stereocenters. The van der Waals surface area contributed by atoms with Crippen LogP contribution < -0.4 is 5.32 Å². The molecule has 0 spiro atoms. The predicted molar refractivity (Wildman–Crippen MR) is 87.4 cm³/mol. The van der Waals surface area contributed by atoms with Crippen molar-refractivity contribution in [1.82, 2.24) is 5.32 Å². The van der Waals surface area contributed by atoms with Crippen LogP contribution >= 0.6 is 11.8 Å². The molecule has 1 N–H and O–H groups in total. The van der Waals surface area contributed by atoms with Crippen LogP contribution in [0.2, 0.25) is 0 Å². The molecular weight excluding hydrogens is 266 g/mol. The highest BCUT2D eigenvalue weighted by Crippen LogP contribution is 2.27. The molecule has 1 saturated heterocycles. The van der Waals surface area contributed by atoms with Crippen LogP contribution in [0.5, 0.6) is 0 Å². The van der Waals surface area contributed by atoms with Gasteiger partial charge in [0.25, 0.3) is 0 Å². The van der Waals surface area contributed by atoms with Crippen LogP contribution in [0, 0.1) is 5.92 Å². The maximum atomic E-state index is 5.42. The molecule has 112 valence electrons. The third-order valence-electron chi connectivity index (χ3n) is 3.89. The summed E-state index contributed by atoms with van der Waals surface area (Å²) in [6, 6.07) is 9.44. The van der Waals surface area contributed by atoms with E-state index in [1.807, 2.05) is 11.8 Å². The minimum absolute atomic E-state index is 0.443. The summed E-state index contributed by atoms with van der Waals surface area (Å²) in [5, 5.41) is 3.56. The first kappa shape index (κ1) is 15.9. The van der Waals surface area contributed by atoms with Crippen LogP contribution in [-0.4, -0.2) is 25.5 Å². The van der Waals surface area contributed by atoms with Crippen molar-refractivity contribution in [1.29, 1.82) is 0 Å². The summed E-state index contributed by atoms with van der Waals surface area (Å²) in [6.45, 7) is 7.44. The van der Waals surface area contributed by atoms with Gasteiger partial charge in [0.15, 0.2) is 0 Å². The van der Waals surface area contributed by atoms with E-state index in [-0.39, 0.29) is 0 Å². The standard InChI is InChI=1S/C17H27NOS/c1-3-9-18-14(2)16-5-4-6-17(12-16)20-13-15-7-10-19-11-8-15/h4-6,12,14-15,18H,3,7-11,13H2,1-2H3. The zero-order valence-corrected chi connectivity index (χ0v) is 13.5. The second-order valence-electron chi connectivity index (χ2n) is 5.62. The first-order chi connectivity index (χ1) is 9.79. The maximum Gasteiger partial charge on any atom is 0.0468 e. The topological polar surface area (TPSA) is 21.3 Å². The molecule has 2 nitrogen and oxygen atoms in total. The number of benzene rings is 1. The van der Waals surface area contributed by atoms with Crippen molar-refractivity contribution in [2.45, 2.75) is 44.0 Å². The largest absolute Gasteiger partial charge is 0.381 e. The predicted octanol–water partition coefficient (Wildman–Crippen LogP) is 4.27. The Bertz CT molecular complexity index is 390. The van der Waals surface area contributed by atoms with Gasteiger partial charge in [-0.05, 0) is 56.3 Å². The highest BCUT2D eigenvalue weighted by Gasteiger charge is 2.14. The fourth-order valence-electron chi connectivity index (χ4n) is 2.48. The maximum absolute atomic E-state index is 5.42. The molecule has 1 unspecified atom stereocenters. The number of hydrogen-bond donors (Lipinski definition) is 1. The van der Waals surface area contributed by atoms with Gasteiger partial charge < -0.3 is 10.1 Å². The second-order valence-corrected chi connectivity index (χ2v) is 6.71. The first-order valence-electron chi connectivity index (χ1n) is 7.83. The normalized spacial score (nSPS) is 18.1. The fourth-order valence-corrected chi connectivity index (χ4v) is 3.64. The molecule has 0 saturated carbocycles. The number of ether oxygens (including phenoxy) is 1. The fraction of sp³-hybridized carbons (Fsp3) is 0.647. The molecule has 1 aromatic carbocycles. The summed E-state index contributed by atoms with van der Waals surface area (Å²) >= 11 is 2.00. The molecule has 1 aliphatic heterocycles. The Hall–Kier alpha value is -0.510. The van der Waals surface area contributed by atoms with E-state index in [4.69, 9.17) is 4.74 Å². The summed E-state index contributed by atoms with van der Waals surface area (Å²) in [5.41, 5.74) is 1.40. The number of nitrogens with one attached hydrogen (secondary N) is 1. The lowest BCUT2D eigenvalue weighted by Crippen LogP contribution is -2.19. The molecule has 0 aromatic heterocycles. The zero-order chi connectivity index (χ0) is 14.2. The summed E-state index contributed by atoms with van der Waals surface area (Å²) in [4.78, 5) is 1.40. The van der Waals surface area contributed by atoms with Crippen molar-refractivity contribution in [3.8, 4) is 0 Å². The Morgan fingerprint density at radius 3 is 2.90 bits per heavy atom. The SMILES string of the molecule is CCCNC(C)c1cccc(SCC2CCOCC2)c1. The highest BCUT2D eigenvalue weighted by molar-refractivity contribution is 7.99. The van der Waals surface area contributed by atoms with Gasteiger partial charge in [-0.3, -0.25) is 0 Å². The van der Waals surface area contributed by atoms with Gasteiger partial charge in [-0.25, -0.2) is 0 Å². The van der Waals surface area contributed by atoms with Gasteiger partial charge >= 0.3 is 0 Å². The molecule has 1 fully saturated rings. The van der Waals surface area contributed by atoms with E-state index in [0.29, 0.717) is 6.04 Å². The van der Waals surface area contributed by atoms with Gasteiger partial charge in [0, 0.05) is 29.9 Å². The zero-order valence-electron chi connectivity index (χ0n) is 12.7. The molecule has 3 heteroatoms. The van der Waals surface area contributed by atoms with E-state index in [0.717, 1.165) is 25.7 Å². The number of thioether (sulfide) groups is 1. The van der Waals surface area contributed by atoms with Crippen molar-refractivity contribution in [3.05, 3.63) is 29.8 Å². The number of hydrogen-bond acceptors (Lipinski definition) is 3. The lowest BCUT2D eigenvalue weighted by Gasteiger charge is -2.21. The second kappa shape index (κ2) is 8.71. The minimum atomic E-state index is 0.443. The average Bonchev–Trinajstić information content (AvgIpc) is 2.52. The first-order valence-corrected chi connectivity index (χ1v) is 8.82. The van der Waals surface area contributed by atoms with E-state index < -0.39 is 0 Å². The van der Waals surface area contributed by atoms with Gasteiger partial charge in [-0.1, -0.05) is 19.1 Å². The van der Waals surface area contributed by atoms with Crippen LogP contribution in [0.3, 0.4) is 0 Å². The van der Waals surface area contributed by atoms with Crippen molar-refractivity contribution < 1.29 is 4.74 Å². The summed E-state index contributed by atoms with van der Waals surface area (Å²) in [6.07, 6.45) is 3.63. The molecule has 1 aromatic rings. The van der Waals surface area contributed by atoms with Crippen LogP contribution in [-0.2, 0) is 4.74 Å². The van der Waals surface area contributed by atoms with Crippen molar-refractivity contribution in [3.63, 3.8) is 0 Å². The molecule has 1 heterocycles. The van der Waals surface area contributed by atoms with E-state index in [1.165, 1.54) is 35.5 Å². The third kappa shape index (κ3) is 5.12. The Kier molecular flexibility index (Phi) is 6.91. The average molecular weight is 293 g/mol. The Balaban J connectivity index is 1.85. The third-order valence-corrected chi connectivity index (χ3v) is 5.11. The van der Waals surface area contributed by atoms with Gasteiger partial charge in [-0.15, -0.1) is 11.8 Å². The van der Waals surface area contributed by atoms with Crippen molar-refractivity contribution in [2.75, 3.05) is 25.5 Å². The summed E-state index contributed by atoms with van der Waals surface area (Å²) in [7, 11) is 0. The Morgan fingerprint density at radius 2 is 2.15 bits per heavy atom. The Labute approximate surface area is 127 Å². The lowest BCUT2D eigenvalue weighted by molar-refractivity contribution is 0.0728. The van der Waals surface area contributed by atoms with Crippen molar-refractivity contribution >= 4 is 11.8 Å². The van der Waals surface area contributed by atoms with E-state index in [2.05, 4.69) is 43.4 Å². The van der Waals surface area contributed by atoms with Crippen LogP contribution in [0.4, 0.5) is 0 Å². The highest BCUT2D eigenvalue weighted by atomic mass is 32.2. The molecule has 20 heavy (non-hydrogen) atoms. The van der Waals surface area contributed by atoms with Crippen LogP contribution in [0.25, 0.3) is 0 Å². The van der Waals surface area contributed by atoms with Crippen LogP contribution in [0.15, 0.2) is 29.2 Å².